The molecule has 1 aromatic carbocycles. The molecular weight excluding hydrogens is 290 g/mol. The maximum absolute atomic E-state index is 12.3. The normalized spacial score (nSPS) is 12.3. The summed E-state index contributed by atoms with van der Waals surface area (Å²) in [6.45, 7) is 6.23. The quantitative estimate of drug-likeness (QED) is 0.803. The third-order valence-corrected chi connectivity index (χ3v) is 3.98. The lowest BCUT2D eigenvalue weighted by Crippen LogP contribution is -2.14. The van der Waals surface area contributed by atoms with E-state index in [-0.39, 0.29) is 11.7 Å². The molecule has 0 bridgehead atoms. The highest BCUT2D eigenvalue weighted by atomic mass is 16.2. The van der Waals surface area contributed by atoms with Crippen LogP contribution in [-0.4, -0.2) is 25.5 Å². The van der Waals surface area contributed by atoms with Crippen molar-refractivity contribution >= 4 is 17.4 Å². The largest absolute Gasteiger partial charge is 0.319 e. The van der Waals surface area contributed by atoms with Crippen LogP contribution < -0.4 is 5.32 Å². The number of carbonyl (C=O) groups is 1. The summed E-state index contributed by atoms with van der Waals surface area (Å²) in [6.07, 6.45) is 2.73. The van der Waals surface area contributed by atoms with E-state index in [2.05, 4.69) is 34.2 Å². The van der Waals surface area contributed by atoms with Crippen LogP contribution in [0.1, 0.15) is 48.1 Å². The van der Waals surface area contributed by atoms with Crippen LogP contribution in [0.4, 0.5) is 5.69 Å². The first kappa shape index (κ1) is 15.1. The molecular formula is C17H19N5O. The van der Waals surface area contributed by atoms with Gasteiger partial charge in [0, 0.05) is 17.6 Å². The molecule has 1 N–H and O–H groups in total. The third kappa shape index (κ3) is 3.06. The number of benzene rings is 1. The molecule has 0 spiro atoms. The van der Waals surface area contributed by atoms with Crippen LogP contribution in [0.5, 0.6) is 0 Å². The SMILES string of the molecule is CC[C@H](C)c1ccc(NC(=O)c2nc3nccc(C)n3n2)cc1. The summed E-state index contributed by atoms with van der Waals surface area (Å²) in [4.78, 5) is 20.6. The van der Waals surface area contributed by atoms with Gasteiger partial charge >= 0.3 is 0 Å². The van der Waals surface area contributed by atoms with Crippen LogP contribution in [0.25, 0.3) is 5.78 Å². The van der Waals surface area contributed by atoms with Crippen molar-refractivity contribution in [2.24, 2.45) is 0 Å². The Labute approximate surface area is 134 Å². The molecule has 23 heavy (non-hydrogen) atoms. The summed E-state index contributed by atoms with van der Waals surface area (Å²) in [7, 11) is 0. The molecule has 118 valence electrons. The zero-order valence-electron chi connectivity index (χ0n) is 13.4. The van der Waals surface area contributed by atoms with E-state index in [0.717, 1.165) is 17.8 Å². The maximum atomic E-state index is 12.3. The van der Waals surface area contributed by atoms with Crippen molar-refractivity contribution in [1.82, 2.24) is 19.6 Å². The number of nitrogens with one attached hydrogen (secondary N) is 1. The van der Waals surface area contributed by atoms with Crippen molar-refractivity contribution in [2.75, 3.05) is 5.32 Å². The standard InChI is InChI=1S/C17H19N5O/c1-4-11(2)13-5-7-14(8-6-13)19-16(23)15-20-17-18-10-9-12(3)22(17)21-15/h5-11H,4H2,1-3H3,(H,19,23)/t11-/m0/s1. The molecule has 0 aliphatic heterocycles. The molecule has 0 aliphatic carbocycles. The molecule has 0 saturated heterocycles. The molecule has 3 rings (SSSR count). The molecule has 3 aromatic rings. The van der Waals surface area contributed by atoms with Gasteiger partial charge in [0.2, 0.25) is 5.82 Å². The van der Waals surface area contributed by atoms with Crippen molar-refractivity contribution in [3.05, 3.63) is 53.6 Å². The van der Waals surface area contributed by atoms with Crippen LogP contribution in [0.2, 0.25) is 0 Å². The number of anilines is 1. The van der Waals surface area contributed by atoms with Gasteiger partial charge in [-0.25, -0.2) is 9.50 Å². The molecule has 0 fully saturated rings. The van der Waals surface area contributed by atoms with Gasteiger partial charge in [0.05, 0.1) is 0 Å². The van der Waals surface area contributed by atoms with Crippen molar-refractivity contribution < 1.29 is 4.79 Å². The highest BCUT2D eigenvalue weighted by Crippen LogP contribution is 2.20. The van der Waals surface area contributed by atoms with Crippen LogP contribution in [0.3, 0.4) is 0 Å². The van der Waals surface area contributed by atoms with Gasteiger partial charge in [0.1, 0.15) is 0 Å². The first-order valence-electron chi connectivity index (χ1n) is 7.68. The smallest absolute Gasteiger partial charge is 0.295 e. The molecule has 6 nitrogen and oxygen atoms in total. The average Bonchev–Trinajstić information content (AvgIpc) is 3.00. The number of fused-ring (bicyclic) bond motifs is 1. The lowest BCUT2D eigenvalue weighted by atomic mass is 9.99. The molecule has 1 atom stereocenters. The van der Waals surface area contributed by atoms with E-state index in [0.29, 0.717) is 11.7 Å². The summed E-state index contributed by atoms with van der Waals surface area (Å²) in [5, 5.41) is 7.02. The Morgan fingerprint density at radius 1 is 1.26 bits per heavy atom. The number of aryl methyl sites for hydroxylation is 1. The first-order chi connectivity index (χ1) is 11.1. The summed E-state index contributed by atoms with van der Waals surface area (Å²) in [5.74, 6) is 0.695. The summed E-state index contributed by atoms with van der Waals surface area (Å²) in [6, 6.07) is 9.69. The molecule has 0 radical (unpaired) electrons. The predicted octanol–water partition coefficient (Wildman–Crippen LogP) is 3.20. The zero-order chi connectivity index (χ0) is 16.4. The number of hydrogen-bond acceptors (Lipinski definition) is 4. The van der Waals surface area contributed by atoms with E-state index in [1.807, 2.05) is 37.3 Å². The molecule has 0 saturated carbocycles. The first-order valence-corrected chi connectivity index (χ1v) is 7.68. The fraction of sp³-hybridized carbons (Fsp3) is 0.294. The minimum Gasteiger partial charge on any atom is -0.319 e. The summed E-state index contributed by atoms with van der Waals surface area (Å²) < 4.78 is 1.56. The van der Waals surface area contributed by atoms with Crippen molar-refractivity contribution in [3.8, 4) is 0 Å². The lowest BCUT2D eigenvalue weighted by Gasteiger charge is -2.09. The van der Waals surface area contributed by atoms with Crippen molar-refractivity contribution in [2.45, 2.75) is 33.1 Å². The minimum atomic E-state index is -0.341. The van der Waals surface area contributed by atoms with E-state index >= 15 is 0 Å². The number of aromatic nitrogens is 4. The van der Waals surface area contributed by atoms with Crippen molar-refractivity contribution in [1.29, 1.82) is 0 Å². The maximum Gasteiger partial charge on any atom is 0.295 e. The highest BCUT2D eigenvalue weighted by molar-refractivity contribution is 6.01. The van der Waals surface area contributed by atoms with Gasteiger partial charge in [-0.05, 0) is 43.0 Å². The molecule has 1 amide bonds. The van der Waals surface area contributed by atoms with Crippen LogP contribution in [0, 0.1) is 6.92 Å². The monoisotopic (exact) mass is 309 g/mol. The Bertz CT molecular complexity index is 838. The van der Waals surface area contributed by atoms with Crippen LogP contribution >= 0.6 is 0 Å². The van der Waals surface area contributed by atoms with E-state index < -0.39 is 0 Å². The highest BCUT2D eigenvalue weighted by Gasteiger charge is 2.14. The number of hydrogen-bond donors (Lipinski definition) is 1. The number of amides is 1. The van der Waals surface area contributed by atoms with E-state index in [9.17, 15) is 4.79 Å². The van der Waals surface area contributed by atoms with E-state index in [1.54, 1.807) is 10.7 Å². The Hall–Kier alpha value is -2.76. The summed E-state index contributed by atoms with van der Waals surface area (Å²) in [5.41, 5.74) is 2.86. The summed E-state index contributed by atoms with van der Waals surface area (Å²) >= 11 is 0. The Kier molecular flexibility index (Phi) is 4.06. The second kappa shape index (κ2) is 6.16. The number of nitrogens with zero attached hydrogens (tertiary/aromatic N) is 4. The van der Waals surface area contributed by atoms with Gasteiger partial charge in [-0.15, -0.1) is 5.10 Å². The van der Waals surface area contributed by atoms with Crippen LogP contribution in [0.15, 0.2) is 36.5 Å². The van der Waals surface area contributed by atoms with Gasteiger partial charge < -0.3 is 5.32 Å². The topological polar surface area (TPSA) is 72.2 Å². The fourth-order valence-electron chi connectivity index (χ4n) is 2.32. The fourth-order valence-corrected chi connectivity index (χ4v) is 2.32. The number of carbonyl (C=O) groups excluding carboxylic acids is 1. The third-order valence-electron chi connectivity index (χ3n) is 3.98. The van der Waals surface area contributed by atoms with Gasteiger partial charge in [-0.1, -0.05) is 26.0 Å². The zero-order valence-corrected chi connectivity index (χ0v) is 13.4. The number of rotatable bonds is 4. The van der Waals surface area contributed by atoms with Crippen LogP contribution in [-0.2, 0) is 0 Å². The van der Waals surface area contributed by atoms with Gasteiger partial charge in [-0.2, -0.15) is 4.98 Å². The second-order valence-electron chi connectivity index (χ2n) is 5.62. The predicted molar refractivity (Wildman–Crippen MR) is 88.6 cm³/mol. The average molecular weight is 309 g/mol. The Morgan fingerprint density at radius 3 is 2.65 bits per heavy atom. The molecule has 6 heteroatoms. The lowest BCUT2D eigenvalue weighted by molar-refractivity contribution is 0.101. The Morgan fingerprint density at radius 2 is 2.00 bits per heavy atom. The Balaban J connectivity index is 1.79. The van der Waals surface area contributed by atoms with Gasteiger partial charge in [-0.3, -0.25) is 4.79 Å². The molecule has 2 aromatic heterocycles. The van der Waals surface area contributed by atoms with Gasteiger partial charge in [0.25, 0.3) is 11.7 Å². The minimum absolute atomic E-state index is 0.109. The second-order valence-corrected chi connectivity index (χ2v) is 5.62. The molecule has 0 aliphatic rings. The van der Waals surface area contributed by atoms with Crippen molar-refractivity contribution in [3.63, 3.8) is 0 Å². The molecule has 0 unspecified atom stereocenters. The van der Waals surface area contributed by atoms with E-state index in [4.69, 9.17) is 0 Å². The van der Waals surface area contributed by atoms with E-state index in [1.165, 1.54) is 5.56 Å². The molecule has 2 heterocycles. The van der Waals surface area contributed by atoms with Gasteiger partial charge in [0.15, 0.2) is 0 Å².